The van der Waals surface area contributed by atoms with E-state index in [1.54, 1.807) is 47.8 Å². The van der Waals surface area contributed by atoms with Gasteiger partial charge in [-0.05, 0) is 43.0 Å². The van der Waals surface area contributed by atoms with Crippen molar-refractivity contribution < 1.29 is 23.1 Å². The number of thiazole rings is 1. The summed E-state index contributed by atoms with van der Waals surface area (Å²) in [5.74, 6) is -1.37. The van der Waals surface area contributed by atoms with E-state index in [0.717, 1.165) is 10.6 Å². The van der Waals surface area contributed by atoms with Crippen LogP contribution in [0.5, 0.6) is 0 Å². The number of aromatic nitrogens is 1. The van der Waals surface area contributed by atoms with E-state index in [-0.39, 0.29) is 16.5 Å². The first-order valence-electron chi connectivity index (χ1n) is 11.2. The fourth-order valence-corrected chi connectivity index (χ4v) is 6.56. The molecule has 1 aliphatic rings. The Morgan fingerprint density at radius 3 is 2.50 bits per heavy atom. The number of amides is 2. The van der Waals surface area contributed by atoms with Gasteiger partial charge < -0.3 is 5.11 Å². The number of rotatable bonds is 6. The topological polar surface area (TPSA) is 129 Å². The molecule has 36 heavy (non-hydrogen) atoms. The summed E-state index contributed by atoms with van der Waals surface area (Å²) in [6.07, 6.45) is -0.296. The largest absolute Gasteiger partial charge is 0.378 e. The lowest BCUT2D eigenvalue weighted by atomic mass is 9.99. The van der Waals surface area contributed by atoms with Crippen molar-refractivity contribution in [1.29, 1.82) is 0 Å². The molecule has 2 aromatic carbocycles. The van der Waals surface area contributed by atoms with E-state index in [0.29, 0.717) is 36.5 Å². The predicted octanol–water partition coefficient (Wildman–Crippen LogP) is 3.17. The Morgan fingerprint density at radius 2 is 1.83 bits per heavy atom. The maximum atomic E-state index is 13.0. The average molecular weight is 549 g/mol. The Morgan fingerprint density at radius 1 is 1.14 bits per heavy atom. The fourth-order valence-electron chi connectivity index (χ4n) is 3.84. The number of hydrogen-bond acceptors (Lipinski definition) is 7. The lowest BCUT2D eigenvalue weighted by molar-refractivity contribution is -0.130. The smallest absolute Gasteiger partial charge is 0.289 e. The maximum Gasteiger partial charge on any atom is 0.289 e. The van der Waals surface area contributed by atoms with Gasteiger partial charge >= 0.3 is 0 Å². The molecule has 1 atom stereocenters. The van der Waals surface area contributed by atoms with Gasteiger partial charge in [0.15, 0.2) is 6.10 Å². The van der Waals surface area contributed by atoms with Crippen molar-refractivity contribution in [2.24, 2.45) is 0 Å². The zero-order valence-electron chi connectivity index (χ0n) is 19.3. The molecule has 12 heteroatoms. The van der Waals surface area contributed by atoms with E-state index in [9.17, 15) is 23.1 Å². The minimum absolute atomic E-state index is 0.0131. The summed E-state index contributed by atoms with van der Waals surface area (Å²) in [5, 5.41) is 12.8. The third kappa shape index (κ3) is 5.76. The average Bonchev–Trinajstić information content (AvgIpc) is 3.39. The number of hydrazine groups is 1. The number of halogens is 1. The van der Waals surface area contributed by atoms with Crippen molar-refractivity contribution >= 4 is 44.8 Å². The number of aryl methyl sites for hydroxylation is 1. The molecule has 4 rings (SSSR count). The van der Waals surface area contributed by atoms with Crippen LogP contribution in [-0.2, 0) is 14.8 Å². The van der Waals surface area contributed by atoms with Crippen LogP contribution in [0.1, 0.15) is 51.5 Å². The summed E-state index contributed by atoms with van der Waals surface area (Å²) in [6.45, 7) is 2.47. The number of carbonyl (C=O) groups is 2. The molecule has 1 unspecified atom stereocenters. The standard InChI is InChI=1S/C24H25ClN4O5S2/c1-15-7-8-18(13-19(15)25)36(33,34)29-11-9-17(10-12-29)24-26-20(14-35-24)22(31)27-28-23(32)21(30)16-5-3-2-4-6-16/h2-8,13-14,17,21,30H,9-12H2,1H3,(H,27,31)(H,28,32). The first kappa shape index (κ1) is 26.2. The first-order valence-corrected chi connectivity index (χ1v) is 13.9. The predicted molar refractivity (Wildman–Crippen MR) is 136 cm³/mol. The first-order chi connectivity index (χ1) is 17.2. The molecule has 3 aromatic rings. The van der Waals surface area contributed by atoms with Crippen LogP contribution in [0, 0.1) is 6.92 Å². The molecule has 9 nitrogen and oxygen atoms in total. The van der Waals surface area contributed by atoms with Crippen LogP contribution in [0.3, 0.4) is 0 Å². The highest BCUT2D eigenvalue weighted by Crippen LogP contribution is 2.33. The van der Waals surface area contributed by atoms with Gasteiger partial charge in [0.2, 0.25) is 10.0 Å². The lowest BCUT2D eigenvalue weighted by Gasteiger charge is -2.30. The fraction of sp³-hybridized carbons (Fsp3) is 0.292. The zero-order chi connectivity index (χ0) is 25.9. The SMILES string of the molecule is Cc1ccc(S(=O)(=O)N2CCC(c3nc(C(=O)NNC(=O)C(O)c4ccccc4)cs3)CC2)cc1Cl. The Hall–Kier alpha value is -2.83. The molecule has 2 amide bonds. The van der Waals surface area contributed by atoms with Gasteiger partial charge in [0, 0.05) is 29.4 Å². The van der Waals surface area contributed by atoms with Gasteiger partial charge in [-0.1, -0.05) is 48.0 Å². The number of benzene rings is 2. The van der Waals surface area contributed by atoms with E-state index >= 15 is 0 Å². The second-order valence-electron chi connectivity index (χ2n) is 8.42. The minimum Gasteiger partial charge on any atom is -0.378 e. The van der Waals surface area contributed by atoms with E-state index in [1.165, 1.54) is 21.7 Å². The highest BCUT2D eigenvalue weighted by molar-refractivity contribution is 7.89. The van der Waals surface area contributed by atoms with Gasteiger partial charge in [-0.2, -0.15) is 4.31 Å². The van der Waals surface area contributed by atoms with E-state index in [2.05, 4.69) is 15.8 Å². The molecule has 3 N–H and O–H groups in total. The molecule has 2 heterocycles. The van der Waals surface area contributed by atoms with Gasteiger partial charge in [-0.15, -0.1) is 11.3 Å². The van der Waals surface area contributed by atoms with Crippen LogP contribution >= 0.6 is 22.9 Å². The second-order valence-corrected chi connectivity index (χ2v) is 11.7. The van der Waals surface area contributed by atoms with Crippen LogP contribution < -0.4 is 10.9 Å². The normalized spacial score (nSPS) is 15.9. The summed E-state index contributed by atoms with van der Waals surface area (Å²) in [6, 6.07) is 13.1. The summed E-state index contributed by atoms with van der Waals surface area (Å²) in [7, 11) is -3.65. The highest BCUT2D eigenvalue weighted by atomic mass is 35.5. The number of nitrogens with one attached hydrogen (secondary N) is 2. The number of carbonyl (C=O) groups excluding carboxylic acids is 2. The Balaban J connectivity index is 1.32. The third-order valence-corrected chi connectivity index (χ3v) is 9.31. The molecular formula is C24H25ClN4O5S2. The highest BCUT2D eigenvalue weighted by Gasteiger charge is 2.31. The van der Waals surface area contributed by atoms with Crippen molar-refractivity contribution in [3.05, 3.63) is 80.8 Å². The Labute approximate surface area is 218 Å². The number of sulfonamides is 1. The molecule has 190 valence electrons. The summed E-state index contributed by atoms with van der Waals surface area (Å²) in [4.78, 5) is 29.1. The van der Waals surface area contributed by atoms with E-state index in [1.807, 2.05) is 6.92 Å². The summed E-state index contributed by atoms with van der Waals surface area (Å²) < 4.78 is 27.4. The molecule has 1 aliphatic heterocycles. The number of piperidine rings is 1. The van der Waals surface area contributed by atoms with Gasteiger partial charge in [-0.25, -0.2) is 13.4 Å². The third-order valence-electron chi connectivity index (χ3n) is 6.00. The molecule has 0 spiro atoms. The molecule has 0 radical (unpaired) electrons. The van der Waals surface area contributed by atoms with Gasteiger partial charge in [-0.3, -0.25) is 20.4 Å². The zero-order valence-corrected chi connectivity index (χ0v) is 21.7. The molecule has 0 bridgehead atoms. The van der Waals surface area contributed by atoms with E-state index < -0.39 is 27.9 Å². The minimum atomic E-state index is -3.65. The Kier molecular flexibility index (Phi) is 8.06. The van der Waals surface area contributed by atoms with Crippen molar-refractivity contribution in [1.82, 2.24) is 20.1 Å². The molecule has 0 aliphatic carbocycles. The number of nitrogens with zero attached hydrogens (tertiary/aromatic N) is 2. The number of aliphatic hydroxyl groups excluding tert-OH is 1. The van der Waals surface area contributed by atoms with Crippen LogP contribution in [0.25, 0.3) is 0 Å². The summed E-state index contributed by atoms with van der Waals surface area (Å²) in [5.41, 5.74) is 5.82. The van der Waals surface area contributed by atoms with Crippen molar-refractivity contribution in [3.8, 4) is 0 Å². The van der Waals surface area contributed by atoms with Crippen molar-refractivity contribution in [2.75, 3.05) is 13.1 Å². The van der Waals surface area contributed by atoms with Gasteiger partial charge in [0.05, 0.1) is 9.90 Å². The monoisotopic (exact) mass is 548 g/mol. The van der Waals surface area contributed by atoms with Crippen LogP contribution in [0.15, 0.2) is 58.8 Å². The molecule has 1 fully saturated rings. The van der Waals surface area contributed by atoms with E-state index in [4.69, 9.17) is 11.6 Å². The maximum absolute atomic E-state index is 13.0. The van der Waals surface area contributed by atoms with Crippen LogP contribution in [0.2, 0.25) is 5.02 Å². The van der Waals surface area contributed by atoms with Crippen LogP contribution in [0.4, 0.5) is 0 Å². The Bertz CT molecular complexity index is 1360. The molecule has 1 saturated heterocycles. The molecule has 0 saturated carbocycles. The van der Waals surface area contributed by atoms with Gasteiger partial charge in [0.25, 0.3) is 11.8 Å². The van der Waals surface area contributed by atoms with Crippen LogP contribution in [-0.4, -0.2) is 47.7 Å². The second kappa shape index (κ2) is 11.1. The molecule has 1 aromatic heterocycles. The number of hydrogen-bond donors (Lipinski definition) is 3. The van der Waals surface area contributed by atoms with Crippen molar-refractivity contribution in [3.63, 3.8) is 0 Å². The van der Waals surface area contributed by atoms with Gasteiger partial charge in [0.1, 0.15) is 5.69 Å². The quantitative estimate of drug-likeness (QED) is 0.406. The molecular weight excluding hydrogens is 524 g/mol. The number of aliphatic hydroxyl groups is 1. The lowest BCUT2D eigenvalue weighted by Crippen LogP contribution is -2.44. The van der Waals surface area contributed by atoms with Crippen molar-refractivity contribution in [2.45, 2.75) is 36.7 Å². The summed E-state index contributed by atoms with van der Waals surface area (Å²) >= 11 is 7.43.